The van der Waals surface area contributed by atoms with Crippen LogP contribution in [0.3, 0.4) is 0 Å². The van der Waals surface area contributed by atoms with Gasteiger partial charge in [0.2, 0.25) is 0 Å². The largest absolute Gasteiger partial charge is 0.296 e. The van der Waals surface area contributed by atoms with Crippen molar-refractivity contribution in [3.05, 3.63) is 60.4 Å². The van der Waals surface area contributed by atoms with Crippen molar-refractivity contribution < 1.29 is 0 Å². The van der Waals surface area contributed by atoms with Crippen LogP contribution in [0.25, 0.3) is 10.2 Å². The molecule has 0 aliphatic carbocycles. The van der Waals surface area contributed by atoms with Crippen LogP contribution in [0.15, 0.2) is 23.0 Å². The predicted molar refractivity (Wildman–Crippen MR) is 113 cm³/mol. The van der Waals surface area contributed by atoms with E-state index in [0.29, 0.717) is 23.1 Å². The normalized spacial score (nSPS) is 15.1. The summed E-state index contributed by atoms with van der Waals surface area (Å²) < 4.78 is 1.79. The van der Waals surface area contributed by atoms with Crippen molar-refractivity contribution in [2.45, 2.75) is 39.8 Å². The maximum atomic E-state index is 13.4. The molecule has 0 atom stereocenters. The first-order valence-corrected chi connectivity index (χ1v) is 10.7. The Morgan fingerprint density at radius 2 is 1.89 bits per heavy atom. The molecule has 0 bridgehead atoms. The maximum absolute atomic E-state index is 13.4. The summed E-state index contributed by atoms with van der Waals surface area (Å²) in [6.07, 6.45) is 2.40. The number of hydrogen-bond donors (Lipinski definition) is 0. The highest BCUT2D eigenvalue weighted by Gasteiger charge is 2.20. The molecule has 1 aliphatic heterocycles. The van der Waals surface area contributed by atoms with Gasteiger partial charge >= 0.3 is 0 Å². The average molecular weight is 422 g/mol. The number of nitrogens with zero attached hydrogens (tertiary/aromatic N) is 3. The van der Waals surface area contributed by atoms with Crippen LogP contribution >= 0.6 is 34.5 Å². The topological polar surface area (TPSA) is 38.1 Å². The molecule has 1 aliphatic rings. The van der Waals surface area contributed by atoms with Crippen molar-refractivity contribution in [3.63, 3.8) is 0 Å². The highest BCUT2D eigenvalue weighted by Crippen LogP contribution is 2.28. The molecule has 27 heavy (non-hydrogen) atoms. The van der Waals surface area contributed by atoms with Gasteiger partial charge in [0.1, 0.15) is 10.7 Å². The van der Waals surface area contributed by atoms with Crippen LogP contribution in [0.1, 0.15) is 34.7 Å². The Labute approximate surface area is 172 Å². The standard InChI is InChI=1S/C20H21Cl2N3OS/c1-12-13(2)27-19-18(12)20(26)25(10-14-5-6-15(21)9-16(14)22)17(23-19)11-24-7-3-4-8-24/h5-6,9H,3-4,7-8,10-11H2,1-2H3. The van der Waals surface area contributed by atoms with Crippen LogP contribution in [0.2, 0.25) is 10.0 Å². The van der Waals surface area contributed by atoms with Crippen LogP contribution in [-0.2, 0) is 13.1 Å². The molecular weight excluding hydrogens is 401 g/mol. The molecule has 3 heterocycles. The SMILES string of the molecule is Cc1sc2nc(CN3CCCC3)n(Cc3ccc(Cl)cc3Cl)c(=O)c2c1C. The number of benzene rings is 1. The van der Waals surface area contributed by atoms with Crippen molar-refractivity contribution in [1.82, 2.24) is 14.5 Å². The number of halogens is 2. The lowest BCUT2D eigenvalue weighted by Crippen LogP contribution is -2.30. The van der Waals surface area contributed by atoms with E-state index in [4.69, 9.17) is 28.2 Å². The van der Waals surface area contributed by atoms with Crippen LogP contribution in [0, 0.1) is 13.8 Å². The Morgan fingerprint density at radius 1 is 1.15 bits per heavy atom. The molecule has 1 aromatic carbocycles. The third-order valence-corrected chi connectivity index (χ3v) is 6.96. The minimum atomic E-state index is 0.0158. The zero-order chi connectivity index (χ0) is 19.1. The number of rotatable bonds is 4. The Kier molecular flexibility index (Phi) is 5.30. The van der Waals surface area contributed by atoms with Crippen molar-refractivity contribution >= 4 is 44.8 Å². The van der Waals surface area contributed by atoms with E-state index < -0.39 is 0 Å². The molecule has 4 nitrogen and oxygen atoms in total. The number of aromatic nitrogens is 2. The molecule has 4 rings (SSSR count). The number of likely N-dealkylation sites (tertiary alicyclic amines) is 1. The van der Waals surface area contributed by atoms with E-state index in [2.05, 4.69) is 4.90 Å². The molecule has 0 amide bonds. The molecule has 142 valence electrons. The molecule has 1 saturated heterocycles. The lowest BCUT2D eigenvalue weighted by molar-refractivity contribution is 0.315. The van der Waals surface area contributed by atoms with Crippen molar-refractivity contribution in [1.29, 1.82) is 0 Å². The van der Waals surface area contributed by atoms with Gasteiger partial charge in [-0.2, -0.15) is 0 Å². The van der Waals surface area contributed by atoms with Crippen LogP contribution < -0.4 is 5.56 Å². The van der Waals surface area contributed by atoms with E-state index in [9.17, 15) is 4.79 Å². The van der Waals surface area contributed by atoms with Gasteiger partial charge in [-0.15, -0.1) is 11.3 Å². The van der Waals surface area contributed by atoms with Gasteiger partial charge in [-0.05, 0) is 63.0 Å². The summed E-state index contributed by atoms with van der Waals surface area (Å²) in [5.41, 5.74) is 1.91. The smallest absolute Gasteiger partial charge is 0.262 e. The third-order valence-electron chi connectivity index (χ3n) is 5.28. The van der Waals surface area contributed by atoms with Crippen LogP contribution in [0.5, 0.6) is 0 Å². The molecule has 0 N–H and O–H groups in total. The number of fused-ring (bicyclic) bond motifs is 1. The van der Waals surface area contributed by atoms with Gasteiger partial charge in [-0.3, -0.25) is 14.3 Å². The van der Waals surface area contributed by atoms with Crippen molar-refractivity contribution in [2.24, 2.45) is 0 Å². The second-order valence-corrected chi connectivity index (χ2v) is 9.15. The Morgan fingerprint density at radius 3 is 2.59 bits per heavy atom. The molecule has 0 unspecified atom stereocenters. The Balaban J connectivity index is 1.85. The quantitative estimate of drug-likeness (QED) is 0.592. The molecule has 0 saturated carbocycles. The first kappa shape index (κ1) is 18.9. The summed E-state index contributed by atoms with van der Waals surface area (Å²) in [6, 6.07) is 5.40. The van der Waals surface area contributed by atoms with Gasteiger partial charge in [0.05, 0.1) is 18.5 Å². The molecule has 2 aromatic heterocycles. The second-order valence-electron chi connectivity index (χ2n) is 7.10. The zero-order valence-electron chi connectivity index (χ0n) is 15.4. The van der Waals surface area contributed by atoms with Crippen molar-refractivity contribution in [2.75, 3.05) is 13.1 Å². The first-order valence-electron chi connectivity index (χ1n) is 9.09. The Bertz CT molecular complexity index is 1070. The fourth-order valence-corrected chi connectivity index (χ4v) is 5.12. The number of hydrogen-bond acceptors (Lipinski definition) is 4. The maximum Gasteiger partial charge on any atom is 0.262 e. The van der Waals surface area contributed by atoms with E-state index >= 15 is 0 Å². The molecule has 0 spiro atoms. The minimum absolute atomic E-state index is 0.0158. The Hall–Kier alpha value is -1.40. The third kappa shape index (κ3) is 3.66. The van der Waals surface area contributed by atoms with Crippen LogP contribution in [-0.4, -0.2) is 27.5 Å². The lowest BCUT2D eigenvalue weighted by atomic mass is 10.2. The van der Waals surface area contributed by atoms with E-state index in [1.54, 1.807) is 28.0 Å². The molecule has 0 radical (unpaired) electrons. The van der Waals surface area contributed by atoms with E-state index in [0.717, 1.165) is 45.1 Å². The summed E-state index contributed by atoms with van der Waals surface area (Å²) in [6.45, 7) is 7.23. The van der Waals surface area contributed by atoms with E-state index in [1.165, 1.54) is 12.8 Å². The van der Waals surface area contributed by atoms with Crippen molar-refractivity contribution in [3.8, 4) is 0 Å². The van der Waals surface area contributed by atoms with Gasteiger partial charge in [0.25, 0.3) is 5.56 Å². The van der Waals surface area contributed by atoms with Gasteiger partial charge in [-0.25, -0.2) is 4.98 Å². The molecule has 1 fully saturated rings. The number of thiophene rings is 1. The molecule has 7 heteroatoms. The fourth-order valence-electron chi connectivity index (χ4n) is 3.61. The van der Waals surface area contributed by atoms with Crippen LogP contribution in [0.4, 0.5) is 0 Å². The van der Waals surface area contributed by atoms with E-state index in [-0.39, 0.29) is 5.56 Å². The summed E-state index contributed by atoms with van der Waals surface area (Å²) in [5, 5.41) is 1.89. The second kappa shape index (κ2) is 7.55. The monoisotopic (exact) mass is 421 g/mol. The molecule has 3 aromatic rings. The highest BCUT2D eigenvalue weighted by molar-refractivity contribution is 7.18. The van der Waals surface area contributed by atoms with E-state index in [1.807, 2.05) is 19.9 Å². The van der Waals surface area contributed by atoms with Gasteiger partial charge < -0.3 is 0 Å². The fraction of sp³-hybridized carbons (Fsp3) is 0.400. The van der Waals surface area contributed by atoms with Gasteiger partial charge in [-0.1, -0.05) is 29.3 Å². The summed E-state index contributed by atoms with van der Waals surface area (Å²) >= 11 is 14.0. The highest BCUT2D eigenvalue weighted by atomic mass is 35.5. The first-order chi connectivity index (χ1) is 12.9. The minimum Gasteiger partial charge on any atom is -0.296 e. The predicted octanol–water partition coefficient (Wildman–Crippen LogP) is 5.03. The number of aryl methyl sites for hydroxylation is 2. The summed E-state index contributed by atoms with van der Waals surface area (Å²) in [7, 11) is 0. The van der Waals surface area contributed by atoms with Gasteiger partial charge in [0, 0.05) is 14.9 Å². The molecular formula is C20H21Cl2N3OS. The summed E-state index contributed by atoms with van der Waals surface area (Å²) in [5.74, 6) is 0.807. The van der Waals surface area contributed by atoms with Gasteiger partial charge in [0.15, 0.2) is 0 Å². The summed E-state index contributed by atoms with van der Waals surface area (Å²) in [4.78, 5) is 22.6. The average Bonchev–Trinajstić information content (AvgIpc) is 3.22. The zero-order valence-corrected chi connectivity index (χ0v) is 17.7. The lowest BCUT2D eigenvalue weighted by Gasteiger charge is -2.19.